The van der Waals surface area contributed by atoms with Crippen LogP contribution in [0.15, 0.2) is 42.5 Å². The van der Waals surface area contributed by atoms with Gasteiger partial charge in [0, 0.05) is 13.6 Å². The first kappa shape index (κ1) is 13.0. The second-order valence-electron chi connectivity index (χ2n) is 4.28. The first-order chi connectivity index (χ1) is 9.06. The van der Waals surface area contributed by atoms with Crippen LogP contribution in [0.25, 0.3) is 0 Å². The number of halogens is 1. The van der Waals surface area contributed by atoms with E-state index in [9.17, 15) is 4.39 Å². The molecular weight excluding hydrogens is 243 g/mol. The number of hydrogen-bond donors (Lipinski definition) is 2. The van der Waals surface area contributed by atoms with Gasteiger partial charge in [0.15, 0.2) is 0 Å². The van der Waals surface area contributed by atoms with Crippen LogP contribution < -0.4 is 10.6 Å². The lowest BCUT2D eigenvalue weighted by molar-refractivity contribution is 0.625. The van der Waals surface area contributed by atoms with E-state index in [1.807, 2.05) is 24.1 Å². The lowest BCUT2D eigenvalue weighted by Crippen LogP contribution is -2.20. The summed E-state index contributed by atoms with van der Waals surface area (Å²) in [6, 6.07) is 11.7. The smallest absolute Gasteiger partial charge is 0.141 e. The molecule has 2 aromatic rings. The summed E-state index contributed by atoms with van der Waals surface area (Å²) >= 11 is 0. The van der Waals surface area contributed by atoms with Gasteiger partial charge in [-0.15, -0.1) is 0 Å². The maximum atomic E-state index is 13.1. The highest BCUT2D eigenvalue weighted by molar-refractivity contribution is 5.93. The third kappa shape index (κ3) is 3.28. The number of anilines is 1. The van der Waals surface area contributed by atoms with E-state index in [0.717, 1.165) is 5.56 Å². The average molecular weight is 258 g/mol. The Kier molecular flexibility index (Phi) is 3.75. The summed E-state index contributed by atoms with van der Waals surface area (Å²) in [6.07, 6.45) is 0. The Balaban J connectivity index is 2.18. The van der Waals surface area contributed by atoms with Crippen LogP contribution >= 0.6 is 0 Å². The summed E-state index contributed by atoms with van der Waals surface area (Å²) in [5.41, 5.74) is 6.70. The number of amidine groups is 1. The maximum absolute atomic E-state index is 13.1. The Labute approximate surface area is 111 Å². The fourth-order valence-electron chi connectivity index (χ4n) is 1.78. The van der Waals surface area contributed by atoms with Crippen LogP contribution in [0, 0.1) is 11.2 Å². The molecule has 1 aromatic carbocycles. The molecule has 0 bridgehead atoms. The van der Waals surface area contributed by atoms with Crippen LogP contribution in [0.4, 0.5) is 10.2 Å². The van der Waals surface area contributed by atoms with Crippen molar-refractivity contribution in [2.24, 2.45) is 5.73 Å². The van der Waals surface area contributed by atoms with Crippen molar-refractivity contribution in [1.82, 2.24) is 4.98 Å². The number of benzene rings is 1. The van der Waals surface area contributed by atoms with E-state index in [1.54, 1.807) is 18.2 Å². The van der Waals surface area contributed by atoms with Gasteiger partial charge < -0.3 is 10.6 Å². The first-order valence-corrected chi connectivity index (χ1v) is 5.83. The van der Waals surface area contributed by atoms with Crippen molar-refractivity contribution in [3.8, 4) is 0 Å². The number of rotatable bonds is 4. The van der Waals surface area contributed by atoms with Crippen LogP contribution in [-0.2, 0) is 6.54 Å². The van der Waals surface area contributed by atoms with Crippen LogP contribution in [0.5, 0.6) is 0 Å². The number of nitrogens with one attached hydrogen (secondary N) is 1. The van der Waals surface area contributed by atoms with Crippen molar-refractivity contribution in [2.75, 3.05) is 11.9 Å². The molecule has 4 nitrogen and oxygen atoms in total. The molecule has 0 saturated heterocycles. The Bertz CT molecular complexity index is 598. The molecule has 0 unspecified atom stereocenters. The summed E-state index contributed by atoms with van der Waals surface area (Å²) in [5, 5.41) is 7.37. The third-order valence-electron chi connectivity index (χ3n) is 2.71. The summed E-state index contributed by atoms with van der Waals surface area (Å²) in [4.78, 5) is 6.15. The molecule has 0 spiro atoms. The lowest BCUT2D eigenvalue weighted by atomic mass is 10.2. The number of aromatic nitrogens is 1. The topological polar surface area (TPSA) is 66.0 Å². The zero-order valence-electron chi connectivity index (χ0n) is 10.6. The molecule has 3 N–H and O–H groups in total. The molecule has 0 saturated carbocycles. The molecule has 0 atom stereocenters. The van der Waals surface area contributed by atoms with E-state index < -0.39 is 0 Å². The van der Waals surface area contributed by atoms with E-state index in [1.165, 1.54) is 12.1 Å². The van der Waals surface area contributed by atoms with Crippen LogP contribution in [-0.4, -0.2) is 17.9 Å². The third-order valence-corrected chi connectivity index (χ3v) is 2.71. The van der Waals surface area contributed by atoms with Gasteiger partial charge in [-0.2, -0.15) is 0 Å². The molecule has 0 amide bonds. The van der Waals surface area contributed by atoms with Gasteiger partial charge in [-0.3, -0.25) is 5.41 Å². The number of pyridine rings is 1. The average Bonchev–Trinajstić information content (AvgIpc) is 2.39. The van der Waals surface area contributed by atoms with Gasteiger partial charge in [-0.05, 0) is 29.8 Å². The monoisotopic (exact) mass is 258 g/mol. The molecule has 0 radical (unpaired) electrons. The molecule has 0 aliphatic heterocycles. The largest absolute Gasteiger partial charge is 0.382 e. The van der Waals surface area contributed by atoms with Gasteiger partial charge in [0.1, 0.15) is 23.2 Å². The van der Waals surface area contributed by atoms with Gasteiger partial charge >= 0.3 is 0 Å². The maximum Gasteiger partial charge on any atom is 0.141 e. The lowest BCUT2D eigenvalue weighted by Gasteiger charge is -2.18. The highest BCUT2D eigenvalue weighted by Gasteiger charge is 2.06. The highest BCUT2D eigenvalue weighted by atomic mass is 19.1. The van der Waals surface area contributed by atoms with Crippen molar-refractivity contribution >= 4 is 11.7 Å². The second kappa shape index (κ2) is 5.48. The quantitative estimate of drug-likeness (QED) is 0.652. The molecule has 1 aromatic heterocycles. The van der Waals surface area contributed by atoms with Gasteiger partial charge in [0.25, 0.3) is 0 Å². The minimum atomic E-state index is -0.253. The van der Waals surface area contributed by atoms with E-state index >= 15 is 0 Å². The minimum absolute atomic E-state index is 0.0685. The van der Waals surface area contributed by atoms with E-state index in [0.29, 0.717) is 18.1 Å². The number of nitrogens with zero attached hydrogens (tertiary/aromatic N) is 2. The van der Waals surface area contributed by atoms with E-state index in [2.05, 4.69) is 4.98 Å². The zero-order valence-corrected chi connectivity index (χ0v) is 10.6. The first-order valence-electron chi connectivity index (χ1n) is 5.83. The van der Waals surface area contributed by atoms with Crippen LogP contribution in [0.3, 0.4) is 0 Å². The summed E-state index contributed by atoms with van der Waals surface area (Å²) in [7, 11) is 1.86. The van der Waals surface area contributed by atoms with E-state index in [4.69, 9.17) is 11.1 Å². The molecule has 5 heteroatoms. The molecule has 1 heterocycles. The van der Waals surface area contributed by atoms with Gasteiger partial charge in [-0.25, -0.2) is 9.37 Å². The highest BCUT2D eigenvalue weighted by Crippen LogP contribution is 2.14. The van der Waals surface area contributed by atoms with Gasteiger partial charge in [-0.1, -0.05) is 18.2 Å². The van der Waals surface area contributed by atoms with Gasteiger partial charge in [0.2, 0.25) is 0 Å². The Hall–Kier alpha value is -2.43. The molecule has 19 heavy (non-hydrogen) atoms. The molecule has 0 aliphatic rings. The number of nitrogens with two attached hydrogens (primary N) is 1. The molecule has 2 rings (SSSR count). The molecule has 0 fully saturated rings. The predicted octanol–water partition coefficient (Wildman–Crippen LogP) is 2.14. The summed E-state index contributed by atoms with van der Waals surface area (Å²) < 4.78 is 13.1. The van der Waals surface area contributed by atoms with Crippen molar-refractivity contribution in [2.45, 2.75) is 6.54 Å². The van der Waals surface area contributed by atoms with Crippen LogP contribution in [0.2, 0.25) is 0 Å². The number of nitrogen functional groups attached to an aromatic ring is 1. The van der Waals surface area contributed by atoms with Crippen LogP contribution in [0.1, 0.15) is 11.3 Å². The van der Waals surface area contributed by atoms with Gasteiger partial charge in [0.05, 0.1) is 0 Å². The Morgan fingerprint density at radius 1 is 1.32 bits per heavy atom. The second-order valence-corrected chi connectivity index (χ2v) is 4.28. The van der Waals surface area contributed by atoms with Crippen molar-refractivity contribution in [3.05, 3.63) is 59.5 Å². The summed E-state index contributed by atoms with van der Waals surface area (Å²) in [6.45, 7) is 0.534. The normalized spacial score (nSPS) is 10.2. The molecule has 98 valence electrons. The minimum Gasteiger partial charge on any atom is -0.382 e. The standard InChI is InChI=1S/C14H15FN4/c1-19(9-10-4-2-5-11(15)8-10)13-7-3-6-12(18-13)14(16)17/h2-8H,9H2,1H3,(H3,16,17). The number of hydrogen-bond acceptors (Lipinski definition) is 3. The van der Waals surface area contributed by atoms with Crippen molar-refractivity contribution in [1.29, 1.82) is 5.41 Å². The summed E-state index contributed by atoms with van der Waals surface area (Å²) in [5.74, 6) is 0.370. The Morgan fingerprint density at radius 2 is 2.05 bits per heavy atom. The molecule has 0 aliphatic carbocycles. The predicted molar refractivity (Wildman–Crippen MR) is 73.8 cm³/mol. The van der Waals surface area contributed by atoms with E-state index in [-0.39, 0.29) is 11.7 Å². The zero-order chi connectivity index (χ0) is 13.8. The fraction of sp³-hybridized carbons (Fsp3) is 0.143. The Morgan fingerprint density at radius 3 is 2.74 bits per heavy atom. The SMILES string of the molecule is CN(Cc1cccc(F)c1)c1cccc(C(=N)N)n1. The fourth-order valence-corrected chi connectivity index (χ4v) is 1.78. The van der Waals surface area contributed by atoms with Crippen molar-refractivity contribution in [3.63, 3.8) is 0 Å². The van der Waals surface area contributed by atoms with Crippen molar-refractivity contribution < 1.29 is 4.39 Å². The molecular formula is C14H15FN4.